The lowest BCUT2D eigenvalue weighted by Gasteiger charge is -2.08. The van der Waals surface area contributed by atoms with Gasteiger partial charge in [-0.3, -0.25) is 0 Å². The highest BCUT2D eigenvalue weighted by Crippen LogP contribution is 2.37. The molecule has 0 unspecified atom stereocenters. The van der Waals surface area contributed by atoms with E-state index < -0.39 is 11.9 Å². The van der Waals surface area contributed by atoms with Crippen molar-refractivity contribution >= 4 is 84.5 Å². The summed E-state index contributed by atoms with van der Waals surface area (Å²) in [6.07, 6.45) is 1.51. The van der Waals surface area contributed by atoms with Gasteiger partial charge in [-0.05, 0) is 67.1 Å². The number of esters is 2. The average molecular weight is 587 g/mol. The Morgan fingerprint density at radius 3 is 2.63 bits per heavy atom. The van der Waals surface area contributed by atoms with Crippen LogP contribution in [0.4, 0.5) is 0 Å². The van der Waals surface area contributed by atoms with E-state index in [-0.39, 0.29) is 17.3 Å². The molecule has 0 N–H and O–H groups in total. The summed E-state index contributed by atoms with van der Waals surface area (Å²) < 4.78 is 12.7. The number of ether oxygens (including phenoxy) is 2. The van der Waals surface area contributed by atoms with Crippen LogP contribution in [-0.2, 0) is 9.53 Å². The summed E-state index contributed by atoms with van der Waals surface area (Å²) in [6, 6.07) is 17.7. The fourth-order valence-electron chi connectivity index (χ4n) is 3.45. The van der Waals surface area contributed by atoms with E-state index in [1.807, 2.05) is 25.1 Å². The van der Waals surface area contributed by atoms with Crippen LogP contribution in [-0.4, -0.2) is 17.8 Å². The highest BCUT2D eigenvalue weighted by atomic mass is 79.9. The molecule has 1 aromatic heterocycles. The molecule has 0 bridgehead atoms. The van der Waals surface area contributed by atoms with Crippen LogP contribution in [0.3, 0.4) is 0 Å². The summed E-state index contributed by atoms with van der Waals surface area (Å²) in [4.78, 5) is 30.1. The molecule has 0 spiro atoms. The van der Waals surface area contributed by atoms with Crippen molar-refractivity contribution in [1.29, 1.82) is 0 Å². The van der Waals surface area contributed by atoms with E-state index in [2.05, 4.69) is 20.9 Å². The number of nitrogens with zero attached hydrogens (tertiary/aromatic N) is 1. The predicted molar refractivity (Wildman–Crippen MR) is 143 cm³/mol. The van der Waals surface area contributed by atoms with E-state index in [1.165, 1.54) is 17.4 Å². The van der Waals surface area contributed by atoms with Gasteiger partial charge in [0.25, 0.3) is 0 Å². The van der Waals surface area contributed by atoms with Crippen molar-refractivity contribution in [3.8, 4) is 5.75 Å². The van der Waals surface area contributed by atoms with Crippen molar-refractivity contribution < 1.29 is 19.1 Å². The number of thiophene rings is 1. The topological polar surface area (TPSA) is 65.0 Å². The predicted octanol–water partition coefficient (Wildman–Crippen LogP) is 7.84. The molecular weight excluding hydrogens is 573 g/mol. The molecule has 4 aromatic rings. The van der Waals surface area contributed by atoms with Crippen LogP contribution in [0.5, 0.6) is 5.75 Å². The lowest BCUT2D eigenvalue weighted by Crippen LogP contribution is -2.08. The third kappa shape index (κ3) is 4.90. The lowest BCUT2D eigenvalue weighted by atomic mass is 10.1. The molecule has 1 aliphatic rings. The molecule has 5 nitrogen and oxygen atoms in total. The van der Waals surface area contributed by atoms with Crippen LogP contribution in [0.2, 0.25) is 10.0 Å². The van der Waals surface area contributed by atoms with Crippen LogP contribution in [0.1, 0.15) is 26.4 Å². The molecule has 0 amide bonds. The molecule has 1 aliphatic heterocycles. The molecule has 0 saturated heterocycles. The summed E-state index contributed by atoms with van der Waals surface area (Å²) in [5.74, 6) is -0.789. The lowest BCUT2D eigenvalue weighted by molar-refractivity contribution is -0.129. The number of hydrogen-bond donors (Lipinski definition) is 0. The van der Waals surface area contributed by atoms with Gasteiger partial charge < -0.3 is 9.47 Å². The van der Waals surface area contributed by atoms with E-state index in [0.717, 1.165) is 20.1 Å². The van der Waals surface area contributed by atoms with Gasteiger partial charge in [-0.15, -0.1) is 11.3 Å². The third-order valence-corrected chi connectivity index (χ3v) is 7.53. The molecule has 3 aromatic carbocycles. The van der Waals surface area contributed by atoms with Crippen molar-refractivity contribution in [3.05, 3.63) is 102 Å². The van der Waals surface area contributed by atoms with E-state index in [0.29, 0.717) is 26.0 Å². The first-order chi connectivity index (χ1) is 16.8. The number of fused-ring (bicyclic) bond motifs is 1. The van der Waals surface area contributed by atoms with Gasteiger partial charge >= 0.3 is 11.9 Å². The molecule has 0 saturated carbocycles. The zero-order valence-corrected chi connectivity index (χ0v) is 21.9. The molecular formula is C26H14BrCl2NO4S. The largest absolute Gasteiger partial charge is 0.422 e. The van der Waals surface area contributed by atoms with Crippen LogP contribution in [0.25, 0.3) is 16.2 Å². The zero-order chi connectivity index (χ0) is 24.7. The molecule has 5 rings (SSSR count). The minimum Gasteiger partial charge on any atom is -0.422 e. The Morgan fingerprint density at radius 1 is 1.09 bits per heavy atom. The molecule has 0 atom stereocenters. The second-order valence-corrected chi connectivity index (χ2v) is 10.4. The fraction of sp³-hybridized carbons (Fsp3) is 0.0385. The van der Waals surface area contributed by atoms with Crippen LogP contribution < -0.4 is 4.74 Å². The first-order valence-electron chi connectivity index (χ1n) is 10.3. The Morgan fingerprint density at radius 2 is 1.86 bits per heavy atom. The fourth-order valence-corrected chi connectivity index (χ4v) is 5.44. The van der Waals surface area contributed by atoms with Gasteiger partial charge in [0.2, 0.25) is 5.90 Å². The highest BCUT2D eigenvalue weighted by molar-refractivity contribution is 9.10. The SMILES string of the molecule is Cc1ccc2c(Cl)c(C(=O)Oc3ccc(Br)cc3/C=C3/N=C(c4ccc(Cl)cc4)OC3=O)sc2c1. The summed E-state index contributed by atoms with van der Waals surface area (Å²) in [7, 11) is 0. The highest BCUT2D eigenvalue weighted by Gasteiger charge is 2.25. The van der Waals surface area contributed by atoms with Gasteiger partial charge in [-0.25, -0.2) is 14.6 Å². The van der Waals surface area contributed by atoms with Crippen molar-refractivity contribution in [2.24, 2.45) is 4.99 Å². The Kier molecular flexibility index (Phi) is 6.51. The average Bonchev–Trinajstić information content (AvgIpc) is 3.35. The maximum atomic E-state index is 13.0. The van der Waals surface area contributed by atoms with Gasteiger partial charge in [0.15, 0.2) is 5.70 Å². The Labute approximate surface area is 222 Å². The van der Waals surface area contributed by atoms with Gasteiger partial charge in [-0.2, -0.15) is 0 Å². The number of hydrogen-bond acceptors (Lipinski definition) is 6. The second-order valence-electron chi connectivity index (χ2n) is 7.66. The zero-order valence-electron chi connectivity index (χ0n) is 18.0. The Hall–Kier alpha value is -2.97. The van der Waals surface area contributed by atoms with Crippen molar-refractivity contribution in [3.63, 3.8) is 0 Å². The first-order valence-corrected chi connectivity index (χ1v) is 12.6. The molecule has 35 heavy (non-hydrogen) atoms. The van der Waals surface area contributed by atoms with Crippen molar-refractivity contribution in [2.75, 3.05) is 0 Å². The number of aryl methyl sites for hydroxylation is 1. The van der Waals surface area contributed by atoms with Crippen molar-refractivity contribution in [1.82, 2.24) is 0 Å². The van der Waals surface area contributed by atoms with E-state index in [9.17, 15) is 9.59 Å². The minimum atomic E-state index is -0.616. The number of halogens is 3. The van der Waals surface area contributed by atoms with Gasteiger partial charge in [0, 0.05) is 30.7 Å². The monoisotopic (exact) mass is 585 g/mol. The quantitative estimate of drug-likeness (QED) is 0.139. The van der Waals surface area contributed by atoms with Crippen LogP contribution in [0.15, 0.2) is 75.8 Å². The molecule has 174 valence electrons. The first kappa shape index (κ1) is 23.8. The van der Waals surface area contributed by atoms with E-state index in [4.69, 9.17) is 32.7 Å². The number of cyclic esters (lactones) is 1. The Balaban J connectivity index is 1.47. The third-order valence-electron chi connectivity index (χ3n) is 5.15. The standard InChI is InChI=1S/C26H14BrCl2NO4S/c1-13-2-8-18-21(10-13)35-23(22(18)29)26(32)33-20-9-5-16(27)11-15(20)12-19-25(31)34-24(30-19)14-3-6-17(28)7-4-14/h2-12H,1H3/b19-12+. The second kappa shape index (κ2) is 9.59. The normalized spacial score (nSPS) is 14.3. The summed E-state index contributed by atoms with van der Waals surface area (Å²) in [5.41, 5.74) is 2.22. The number of carbonyl (C=O) groups is 2. The van der Waals surface area contributed by atoms with Gasteiger partial charge in [-0.1, -0.05) is 51.3 Å². The van der Waals surface area contributed by atoms with E-state index in [1.54, 1.807) is 42.5 Å². The van der Waals surface area contributed by atoms with Gasteiger partial charge in [0.05, 0.1) is 5.02 Å². The molecule has 0 radical (unpaired) electrons. The van der Waals surface area contributed by atoms with E-state index >= 15 is 0 Å². The smallest absolute Gasteiger partial charge is 0.363 e. The molecule has 2 heterocycles. The van der Waals surface area contributed by atoms with Crippen molar-refractivity contribution in [2.45, 2.75) is 6.92 Å². The minimum absolute atomic E-state index is 0.0701. The molecule has 0 fully saturated rings. The maximum Gasteiger partial charge on any atom is 0.363 e. The number of benzene rings is 3. The number of rotatable bonds is 4. The number of carbonyl (C=O) groups excluding carboxylic acids is 2. The Bertz CT molecular complexity index is 1570. The summed E-state index contributed by atoms with van der Waals surface area (Å²) in [6.45, 7) is 1.97. The maximum absolute atomic E-state index is 13.0. The van der Waals surface area contributed by atoms with Crippen LogP contribution >= 0.6 is 50.5 Å². The molecule has 9 heteroatoms. The van der Waals surface area contributed by atoms with Crippen LogP contribution in [0, 0.1) is 6.92 Å². The molecule has 0 aliphatic carbocycles. The number of aliphatic imine (C=N–C) groups is 1. The summed E-state index contributed by atoms with van der Waals surface area (Å²) >= 11 is 17.1. The van der Waals surface area contributed by atoms with Gasteiger partial charge in [0.1, 0.15) is 10.6 Å². The summed E-state index contributed by atoms with van der Waals surface area (Å²) in [5, 5.41) is 1.71.